The molecule has 1 fully saturated rings. The fourth-order valence-electron chi connectivity index (χ4n) is 2.42. The molecule has 0 atom stereocenters. The second-order valence-electron chi connectivity index (χ2n) is 6.11. The van der Waals surface area contributed by atoms with Crippen LogP contribution in [0.25, 0.3) is 5.69 Å². The Bertz CT molecular complexity index is 1080. The number of carbonyl (C=O) groups is 1. The summed E-state index contributed by atoms with van der Waals surface area (Å²) in [5.74, 6) is -0.624. The minimum Gasteiger partial charge on any atom is -0.348 e. The predicted molar refractivity (Wildman–Crippen MR) is 93.4 cm³/mol. The van der Waals surface area contributed by atoms with Gasteiger partial charge in [-0.15, -0.1) is 0 Å². The van der Waals surface area contributed by atoms with Gasteiger partial charge in [0.1, 0.15) is 0 Å². The molecule has 0 radical (unpaired) electrons. The number of nitrogens with zero attached hydrogens (tertiary/aromatic N) is 3. The zero-order valence-electron chi connectivity index (χ0n) is 14.3. The van der Waals surface area contributed by atoms with E-state index in [2.05, 4.69) is 10.4 Å². The van der Waals surface area contributed by atoms with E-state index in [9.17, 15) is 22.8 Å². The number of aromatic nitrogens is 3. The summed E-state index contributed by atoms with van der Waals surface area (Å²) < 4.78 is 25.0. The first-order valence-electron chi connectivity index (χ1n) is 8.08. The average Bonchev–Trinajstić information content (AvgIpc) is 3.38. The molecule has 10 heteroatoms. The highest BCUT2D eigenvalue weighted by Gasteiger charge is 2.27. The third-order valence-electron chi connectivity index (χ3n) is 4.01. The highest BCUT2D eigenvalue weighted by atomic mass is 32.2. The Kier molecular flexibility index (Phi) is 4.53. The number of hydrogen-bond acceptors (Lipinski definition) is 6. The van der Waals surface area contributed by atoms with Crippen LogP contribution in [0.2, 0.25) is 0 Å². The number of amides is 1. The van der Waals surface area contributed by atoms with Gasteiger partial charge in [-0.2, -0.15) is 9.78 Å². The van der Waals surface area contributed by atoms with Crippen molar-refractivity contribution in [2.75, 3.05) is 6.26 Å². The second kappa shape index (κ2) is 6.52. The van der Waals surface area contributed by atoms with E-state index < -0.39 is 27.0 Å². The van der Waals surface area contributed by atoms with Crippen molar-refractivity contribution < 1.29 is 13.2 Å². The Morgan fingerprint density at radius 2 is 1.85 bits per heavy atom. The summed E-state index contributed by atoms with van der Waals surface area (Å²) in [4.78, 5) is 37.3. The quantitative estimate of drug-likeness (QED) is 0.763. The molecule has 1 aliphatic carbocycles. The van der Waals surface area contributed by atoms with E-state index in [0.29, 0.717) is 0 Å². The Morgan fingerprint density at radius 3 is 2.35 bits per heavy atom. The van der Waals surface area contributed by atoms with Crippen LogP contribution >= 0.6 is 0 Å². The van der Waals surface area contributed by atoms with Crippen LogP contribution in [0.4, 0.5) is 0 Å². The van der Waals surface area contributed by atoms with Crippen molar-refractivity contribution in [1.82, 2.24) is 19.7 Å². The third-order valence-corrected chi connectivity index (χ3v) is 5.14. The lowest BCUT2D eigenvalue weighted by atomic mass is 10.3. The SMILES string of the molecule is CCn1c(=O)c(C(=O)NC2CC2)nn(-c2ccc(S(C)(=O)=O)cc2)c1=O. The number of nitrogens with one attached hydrogen (secondary N) is 1. The van der Waals surface area contributed by atoms with Gasteiger partial charge in [0.25, 0.3) is 11.5 Å². The van der Waals surface area contributed by atoms with Crippen LogP contribution in [-0.2, 0) is 16.4 Å². The van der Waals surface area contributed by atoms with Gasteiger partial charge >= 0.3 is 5.69 Å². The van der Waals surface area contributed by atoms with Gasteiger partial charge in [0.05, 0.1) is 10.6 Å². The Hall–Kier alpha value is -2.75. The van der Waals surface area contributed by atoms with Crippen LogP contribution in [-0.4, -0.2) is 41.0 Å². The minimum absolute atomic E-state index is 0.0354. The van der Waals surface area contributed by atoms with Gasteiger partial charge in [-0.25, -0.2) is 13.2 Å². The monoisotopic (exact) mass is 378 g/mol. The first kappa shape index (κ1) is 18.1. The smallest absolute Gasteiger partial charge is 0.348 e. The van der Waals surface area contributed by atoms with Gasteiger partial charge in [0.2, 0.25) is 5.69 Å². The van der Waals surface area contributed by atoms with E-state index in [0.717, 1.165) is 28.3 Å². The lowest BCUT2D eigenvalue weighted by Gasteiger charge is -2.11. The molecule has 26 heavy (non-hydrogen) atoms. The molecule has 0 unspecified atom stereocenters. The highest BCUT2D eigenvalue weighted by molar-refractivity contribution is 7.90. The number of hydrogen-bond donors (Lipinski definition) is 1. The van der Waals surface area contributed by atoms with E-state index in [1.54, 1.807) is 6.92 Å². The lowest BCUT2D eigenvalue weighted by molar-refractivity contribution is 0.0941. The summed E-state index contributed by atoms with van der Waals surface area (Å²) in [6, 6.07) is 5.51. The summed E-state index contributed by atoms with van der Waals surface area (Å²) in [6.07, 6.45) is 2.77. The van der Waals surface area contributed by atoms with Crippen molar-refractivity contribution in [3.63, 3.8) is 0 Å². The normalized spacial score (nSPS) is 14.2. The molecule has 1 heterocycles. The van der Waals surface area contributed by atoms with Gasteiger partial charge < -0.3 is 5.32 Å². The van der Waals surface area contributed by atoms with Gasteiger partial charge in [-0.1, -0.05) is 0 Å². The molecule has 1 aliphatic rings. The molecule has 1 saturated carbocycles. The zero-order valence-corrected chi connectivity index (χ0v) is 15.1. The minimum atomic E-state index is -3.39. The molecule has 1 aromatic carbocycles. The van der Waals surface area contributed by atoms with E-state index in [4.69, 9.17) is 0 Å². The van der Waals surface area contributed by atoms with Crippen LogP contribution in [0.5, 0.6) is 0 Å². The summed E-state index contributed by atoms with van der Waals surface area (Å²) >= 11 is 0. The van der Waals surface area contributed by atoms with E-state index >= 15 is 0 Å². The fraction of sp³-hybridized carbons (Fsp3) is 0.375. The molecular weight excluding hydrogens is 360 g/mol. The molecule has 0 aliphatic heterocycles. The largest absolute Gasteiger partial charge is 0.352 e. The molecule has 3 rings (SSSR count). The Labute approximate surface area is 149 Å². The number of benzene rings is 1. The maximum Gasteiger partial charge on any atom is 0.352 e. The molecule has 2 aromatic rings. The van der Waals surface area contributed by atoms with Crippen molar-refractivity contribution in [2.24, 2.45) is 0 Å². The summed E-state index contributed by atoms with van der Waals surface area (Å²) in [5, 5.41) is 6.61. The average molecular weight is 378 g/mol. The molecule has 138 valence electrons. The van der Waals surface area contributed by atoms with Crippen LogP contribution in [0.15, 0.2) is 38.8 Å². The molecule has 1 aromatic heterocycles. The zero-order chi connectivity index (χ0) is 19.1. The summed E-state index contributed by atoms with van der Waals surface area (Å²) in [5.41, 5.74) is -1.57. The van der Waals surface area contributed by atoms with Crippen molar-refractivity contribution in [3.05, 3.63) is 50.8 Å². The summed E-state index contributed by atoms with van der Waals surface area (Å²) in [7, 11) is -3.39. The fourth-order valence-corrected chi connectivity index (χ4v) is 3.05. The first-order chi connectivity index (χ1) is 12.2. The molecular formula is C16H18N4O5S. The van der Waals surface area contributed by atoms with Crippen LogP contribution < -0.4 is 16.6 Å². The van der Waals surface area contributed by atoms with Crippen molar-refractivity contribution in [1.29, 1.82) is 0 Å². The Morgan fingerprint density at radius 1 is 1.23 bits per heavy atom. The van der Waals surface area contributed by atoms with Gasteiger partial charge in [-0.3, -0.25) is 14.2 Å². The highest BCUT2D eigenvalue weighted by Crippen LogP contribution is 2.18. The topological polar surface area (TPSA) is 120 Å². The van der Waals surface area contributed by atoms with Crippen molar-refractivity contribution in [3.8, 4) is 5.69 Å². The Balaban J connectivity index is 2.13. The molecule has 0 saturated heterocycles. The number of sulfone groups is 1. The maximum absolute atomic E-state index is 12.5. The maximum atomic E-state index is 12.5. The molecule has 0 spiro atoms. The van der Waals surface area contributed by atoms with E-state index in [-0.39, 0.29) is 28.9 Å². The third kappa shape index (κ3) is 3.45. The van der Waals surface area contributed by atoms with Crippen molar-refractivity contribution >= 4 is 15.7 Å². The number of rotatable bonds is 5. The molecule has 1 N–H and O–H groups in total. The second-order valence-corrected chi connectivity index (χ2v) is 8.12. The van der Waals surface area contributed by atoms with Crippen LogP contribution in [0, 0.1) is 0 Å². The lowest BCUT2D eigenvalue weighted by Crippen LogP contribution is -2.45. The summed E-state index contributed by atoms with van der Waals surface area (Å²) in [6.45, 7) is 1.69. The number of carbonyl (C=O) groups excluding carboxylic acids is 1. The van der Waals surface area contributed by atoms with Crippen LogP contribution in [0.3, 0.4) is 0 Å². The molecule has 0 bridgehead atoms. The van der Waals surface area contributed by atoms with Crippen molar-refractivity contribution in [2.45, 2.75) is 37.2 Å². The van der Waals surface area contributed by atoms with Gasteiger partial charge in [0, 0.05) is 18.8 Å². The van der Waals surface area contributed by atoms with E-state index in [1.165, 1.54) is 24.3 Å². The first-order valence-corrected chi connectivity index (χ1v) is 9.97. The molecule has 1 amide bonds. The van der Waals surface area contributed by atoms with E-state index in [1.807, 2.05) is 0 Å². The van der Waals surface area contributed by atoms with Gasteiger partial charge in [0.15, 0.2) is 9.84 Å². The van der Waals surface area contributed by atoms with Crippen LogP contribution in [0.1, 0.15) is 30.3 Å². The predicted octanol–water partition coefficient (Wildman–Crippen LogP) is -0.290. The van der Waals surface area contributed by atoms with Gasteiger partial charge in [-0.05, 0) is 44.0 Å². The molecule has 9 nitrogen and oxygen atoms in total. The standard InChI is InChI=1S/C16H18N4O5S/c1-3-19-15(22)13(14(21)17-10-4-5-10)18-20(16(19)23)11-6-8-12(9-7-11)26(2,24)25/h6-10H,3-5H2,1-2H3,(H,17,21).